The number of aromatic nitrogens is 2. The number of nitrogens with one attached hydrogen (secondary N) is 2. The van der Waals surface area contributed by atoms with E-state index in [4.69, 9.17) is 0 Å². The van der Waals surface area contributed by atoms with Gasteiger partial charge in [-0.25, -0.2) is 0 Å². The van der Waals surface area contributed by atoms with Crippen molar-refractivity contribution in [3.05, 3.63) is 82.5 Å². The lowest BCUT2D eigenvalue weighted by atomic mass is 10.1. The molecule has 4 aromatic rings. The molecule has 0 amide bonds. The third-order valence-corrected chi connectivity index (χ3v) is 4.42. The number of aromatic hydroxyl groups is 1. The van der Waals surface area contributed by atoms with Crippen LogP contribution in [0.5, 0.6) is 5.88 Å². The maximum absolute atomic E-state index is 10.2. The van der Waals surface area contributed by atoms with Crippen LogP contribution in [0.1, 0.15) is 11.3 Å². The Hall–Kier alpha value is -3.60. The topological polar surface area (TPSA) is 76.5 Å². The van der Waals surface area contributed by atoms with E-state index < -0.39 is 0 Å². The second-order valence-corrected chi connectivity index (χ2v) is 5.99. The number of azo groups is 1. The van der Waals surface area contributed by atoms with Crippen LogP contribution in [0.3, 0.4) is 0 Å². The Kier molecular flexibility index (Phi) is 2.87. The lowest BCUT2D eigenvalue weighted by Gasteiger charge is -1.95. The molecule has 3 heterocycles. The molecule has 2 aromatic carbocycles. The molecular weight excluding hydrogens is 312 g/mol. The average molecular weight is 326 g/mol. The molecule has 120 valence electrons. The summed E-state index contributed by atoms with van der Waals surface area (Å²) >= 11 is 0. The summed E-state index contributed by atoms with van der Waals surface area (Å²) in [6, 6.07) is 17.8. The van der Waals surface area contributed by atoms with E-state index in [1.807, 2.05) is 66.9 Å². The van der Waals surface area contributed by atoms with Crippen molar-refractivity contribution in [2.75, 3.05) is 0 Å². The van der Waals surface area contributed by atoms with E-state index in [-0.39, 0.29) is 5.88 Å². The summed E-state index contributed by atoms with van der Waals surface area (Å²) in [6.45, 7) is 0. The standard InChI is InChI=1S/C20H14N4O/c25-20-15(13-4-1-2-5-16(13)22-20)10-12-7-8-14-18(11-12)23-24-19(14)17-6-3-9-21-17/h1-11,21-22,25H. The maximum Gasteiger partial charge on any atom is 0.196 e. The van der Waals surface area contributed by atoms with Crippen molar-refractivity contribution < 1.29 is 5.11 Å². The average Bonchev–Trinajstić information content (AvgIpc) is 3.34. The number of hydrogen-bond acceptors (Lipinski definition) is 3. The smallest absolute Gasteiger partial charge is 0.196 e. The third kappa shape index (κ3) is 2.17. The predicted molar refractivity (Wildman–Crippen MR) is 97.0 cm³/mol. The Labute approximate surface area is 142 Å². The highest BCUT2D eigenvalue weighted by Gasteiger charge is 2.12. The number of benzene rings is 2. The fourth-order valence-electron chi connectivity index (χ4n) is 3.22. The van der Waals surface area contributed by atoms with Crippen LogP contribution in [0.15, 0.2) is 71.0 Å². The molecule has 0 radical (unpaired) electrons. The summed E-state index contributed by atoms with van der Waals surface area (Å²) in [6.07, 6.45) is 3.83. The van der Waals surface area contributed by atoms with Crippen LogP contribution in [-0.4, -0.2) is 15.1 Å². The molecular formula is C20H14N4O. The van der Waals surface area contributed by atoms with Gasteiger partial charge in [0.25, 0.3) is 0 Å². The Balaban J connectivity index is 1.69. The fraction of sp³-hybridized carbons (Fsp3) is 0. The highest BCUT2D eigenvalue weighted by molar-refractivity contribution is 5.91. The molecule has 5 heteroatoms. The molecule has 5 nitrogen and oxygen atoms in total. The highest BCUT2D eigenvalue weighted by Crippen LogP contribution is 2.27. The van der Waals surface area contributed by atoms with Crippen LogP contribution in [0.2, 0.25) is 0 Å². The van der Waals surface area contributed by atoms with Crippen LogP contribution in [0.4, 0.5) is 5.69 Å². The van der Waals surface area contributed by atoms with Gasteiger partial charge in [0.15, 0.2) is 5.88 Å². The van der Waals surface area contributed by atoms with Gasteiger partial charge in [-0.05, 0) is 41.6 Å². The van der Waals surface area contributed by atoms with Crippen LogP contribution < -0.4 is 10.4 Å². The molecule has 0 spiro atoms. The van der Waals surface area contributed by atoms with Gasteiger partial charge in [0, 0.05) is 27.9 Å². The summed E-state index contributed by atoms with van der Waals surface area (Å²) in [4.78, 5) is 6.16. The lowest BCUT2D eigenvalue weighted by molar-refractivity contribution is 0.457. The largest absolute Gasteiger partial charge is 0.494 e. The summed E-state index contributed by atoms with van der Waals surface area (Å²) in [7, 11) is 0. The number of fused-ring (bicyclic) bond motifs is 2. The van der Waals surface area contributed by atoms with E-state index >= 15 is 0 Å². The van der Waals surface area contributed by atoms with Crippen molar-refractivity contribution in [3.63, 3.8) is 0 Å². The van der Waals surface area contributed by atoms with Crippen LogP contribution >= 0.6 is 0 Å². The Morgan fingerprint density at radius 3 is 2.76 bits per heavy atom. The van der Waals surface area contributed by atoms with Gasteiger partial charge in [0.2, 0.25) is 0 Å². The van der Waals surface area contributed by atoms with Gasteiger partial charge in [0.1, 0.15) is 5.70 Å². The molecule has 3 N–H and O–H groups in total. The first-order valence-electron chi connectivity index (χ1n) is 8.01. The first-order valence-corrected chi connectivity index (χ1v) is 8.01. The number of H-pyrrole nitrogens is 2. The van der Waals surface area contributed by atoms with Crippen LogP contribution in [-0.2, 0) is 0 Å². The van der Waals surface area contributed by atoms with E-state index in [2.05, 4.69) is 20.2 Å². The van der Waals surface area contributed by atoms with E-state index in [9.17, 15) is 5.11 Å². The maximum atomic E-state index is 10.2. The number of para-hydroxylation sites is 1. The zero-order valence-electron chi connectivity index (χ0n) is 13.2. The monoisotopic (exact) mass is 326 g/mol. The van der Waals surface area contributed by atoms with E-state index in [1.165, 1.54) is 0 Å². The first kappa shape index (κ1) is 13.8. The lowest BCUT2D eigenvalue weighted by Crippen LogP contribution is -2.09. The van der Waals surface area contributed by atoms with Crippen molar-refractivity contribution in [1.29, 1.82) is 0 Å². The quantitative estimate of drug-likeness (QED) is 0.519. The highest BCUT2D eigenvalue weighted by atomic mass is 16.3. The van der Waals surface area contributed by atoms with Gasteiger partial charge >= 0.3 is 0 Å². The number of nitrogens with zero attached hydrogens (tertiary/aromatic N) is 2. The molecule has 0 atom stereocenters. The Morgan fingerprint density at radius 1 is 0.960 bits per heavy atom. The predicted octanol–water partition coefficient (Wildman–Crippen LogP) is 3.28. The van der Waals surface area contributed by atoms with Gasteiger partial charge in [-0.1, -0.05) is 24.3 Å². The van der Waals surface area contributed by atoms with Crippen LogP contribution in [0, 0.1) is 0 Å². The Morgan fingerprint density at radius 2 is 1.88 bits per heavy atom. The van der Waals surface area contributed by atoms with Gasteiger partial charge in [-0.3, -0.25) is 0 Å². The minimum absolute atomic E-state index is 0.168. The van der Waals surface area contributed by atoms with Crippen molar-refractivity contribution in [2.24, 2.45) is 10.2 Å². The van der Waals surface area contributed by atoms with Crippen molar-refractivity contribution in [1.82, 2.24) is 9.97 Å². The van der Waals surface area contributed by atoms with Crippen molar-refractivity contribution in [2.45, 2.75) is 0 Å². The molecule has 0 unspecified atom stereocenters. The molecule has 25 heavy (non-hydrogen) atoms. The molecule has 0 bridgehead atoms. The SMILES string of the molecule is Oc1[nH]c2ccccc2c1C=c1ccc2c(c1)N=NC=2c1ccc[nH]1. The first-order chi connectivity index (χ1) is 12.3. The number of aromatic amines is 2. The molecule has 0 saturated heterocycles. The van der Waals surface area contributed by atoms with Crippen molar-refractivity contribution in [3.8, 4) is 5.88 Å². The Bertz CT molecular complexity index is 1250. The minimum atomic E-state index is 0.168. The molecule has 5 rings (SSSR count). The molecule has 1 aliphatic rings. The zero-order chi connectivity index (χ0) is 16.8. The minimum Gasteiger partial charge on any atom is -0.494 e. The number of rotatable bonds is 2. The molecule has 0 aliphatic carbocycles. The van der Waals surface area contributed by atoms with E-state index in [1.54, 1.807) is 0 Å². The molecule has 2 aromatic heterocycles. The normalized spacial score (nSPS) is 13.8. The molecule has 0 saturated carbocycles. The van der Waals surface area contributed by atoms with Gasteiger partial charge < -0.3 is 15.1 Å². The molecule has 0 fully saturated rings. The zero-order valence-corrected chi connectivity index (χ0v) is 13.2. The van der Waals surface area contributed by atoms with E-state index in [0.29, 0.717) is 0 Å². The second-order valence-electron chi connectivity index (χ2n) is 5.99. The summed E-state index contributed by atoms with van der Waals surface area (Å²) in [5, 5.41) is 21.8. The fourth-order valence-corrected chi connectivity index (χ4v) is 3.22. The van der Waals surface area contributed by atoms with E-state index in [0.717, 1.165) is 44.0 Å². The molecule has 1 aliphatic heterocycles. The summed E-state index contributed by atoms with van der Waals surface area (Å²) in [5.41, 5.74) is 4.32. The summed E-state index contributed by atoms with van der Waals surface area (Å²) in [5.74, 6) is 0.168. The van der Waals surface area contributed by atoms with Gasteiger partial charge in [-0.2, -0.15) is 0 Å². The van der Waals surface area contributed by atoms with Crippen LogP contribution in [0.25, 0.3) is 22.7 Å². The van der Waals surface area contributed by atoms with Gasteiger partial charge in [0.05, 0.1) is 11.4 Å². The number of hydrogen-bond donors (Lipinski definition) is 3. The third-order valence-electron chi connectivity index (χ3n) is 4.42. The van der Waals surface area contributed by atoms with Gasteiger partial charge in [-0.15, -0.1) is 10.2 Å². The van der Waals surface area contributed by atoms with Crippen molar-refractivity contribution >= 4 is 28.4 Å². The second kappa shape index (κ2) is 5.21. The summed E-state index contributed by atoms with van der Waals surface area (Å²) < 4.78 is 0.